The SMILES string of the molecule is CO[C@H]1CP(c2ccccc2)C[C@@H]1OC. The Bertz CT molecular complexity index is 290. The van der Waals surface area contributed by atoms with Crippen LogP contribution in [0.4, 0.5) is 0 Å². The van der Waals surface area contributed by atoms with Crippen LogP contribution in [-0.4, -0.2) is 38.8 Å². The normalized spacial score (nSPS) is 27.1. The van der Waals surface area contributed by atoms with Crippen LogP contribution in [0, 0.1) is 0 Å². The predicted octanol–water partition coefficient (Wildman–Crippen LogP) is 1.84. The molecule has 0 radical (unpaired) electrons. The van der Waals surface area contributed by atoms with E-state index in [-0.39, 0.29) is 20.1 Å². The van der Waals surface area contributed by atoms with Gasteiger partial charge >= 0.3 is 0 Å². The van der Waals surface area contributed by atoms with Gasteiger partial charge in [-0.25, -0.2) is 0 Å². The van der Waals surface area contributed by atoms with Gasteiger partial charge in [0.15, 0.2) is 0 Å². The third kappa shape index (κ3) is 2.39. The second-order valence-electron chi connectivity index (χ2n) is 3.79. The first kappa shape index (κ1) is 11.1. The largest absolute Gasteiger partial charge is 0.378 e. The molecule has 15 heavy (non-hydrogen) atoms. The van der Waals surface area contributed by atoms with Gasteiger partial charge in [-0.1, -0.05) is 38.3 Å². The van der Waals surface area contributed by atoms with E-state index in [1.807, 2.05) is 0 Å². The van der Waals surface area contributed by atoms with Crippen molar-refractivity contribution in [1.82, 2.24) is 0 Å². The van der Waals surface area contributed by atoms with Crippen LogP contribution >= 0.6 is 7.92 Å². The summed E-state index contributed by atoms with van der Waals surface area (Å²) in [5, 5.41) is 1.47. The molecule has 1 aliphatic rings. The molecular formula is C12H17O2P. The van der Waals surface area contributed by atoms with Crippen LogP contribution in [0.3, 0.4) is 0 Å². The van der Waals surface area contributed by atoms with Crippen LogP contribution in [0.25, 0.3) is 0 Å². The van der Waals surface area contributed by atoms with E-state index in [0.29, 0.717) is 0 Å². The Balaban J connectivity index is 2.08. The Labute approximate surface area is 92.3 Å². The predicted molar refractivity (Wildman–Crippen MR) is 64.3 cm³/mol. The third-order valence-corrected chi connectivity index (χ3v) is 5.57. The lowest BCUT2D eigenvalue weighted by molar-refractivity contribution is -0.00461. The molecule has 0 spiro atoms. The highest BCUT2D eigenvalue weighted by Gasteiger charge is 2.34. The summed E-state index contributed by atoms with van der Waals surface area (Å²) >= 11 is 0. The van der Waals surface area contributed by atoms with Crippen molar-refractivity contribution < 1.29 is 9.47 Å². The van der Waals surface area contributed by atoms with E-state index in [1.165, 1.54) is 5.30 Å². The minimum Gasteiger partial charge on any atom is -0.378 e. The molecule has 1 saturated heterocycles. The van der Waals surface area contributed by atoms with Crippen molar-refractivity contribution in [1.29, 1.82) is 0 Å². The highest BCUT2D eigenvalue weighted by Crippen LogP contribution is 2.44. The van der Waals surface area contributed by atoms with Crippen LogP contribution in [0.2, 0.25) is 0 Å². The zero-order valence-corrected chi connectivity index (χ0v) is 10.1. The van der Waals surface area contributed by atoms with Crippen molar-refractivity contribution >= 4 is 13.2 Å². The average molecular weight is 224 g/mol. The summed E-state index contributed by atoms with van der Waals surface area (Å²) in [7, 11) is 3.48. The molecule has 0 amide bonds. The molecule has 0 N–H and O–H groups in total. The average Bonchev–Trinajstić information content (AvgIpc) is 2.73. The summed E-state index contributed by atoms with van der Waals surface area (Å²) in [6, 6.07) is 10.7. The van der Waals surface area contributed by atoms with E-state index < -0.39 is 0 Å². The molecule has 2 rings (SSSR count). The number of rotatable bonds is 3. The lowest BCUT2D eigenvalue weighted by atomic mass is 10.3. The van der Waals surface area contributed by atoms with E-state index in [4.69, 9.17) is 9.47 Å². The quantitative estimate of drug-likeness (QED) is 0.729. The monoisotopic (exact) mass is 224 g/mol. The topological polar surface area (TPSA) is 18.5 Å². The summed E-state index contributed by atoms with van der Waals surface area (Å²) in [4.78, 5) is 0. The van der Waals surface area contributed by atoms with Gasteiger partial charge in [-0.05, 0) is 5.30 Å². The van der Waals surface area contributed by atoms with Gasteiger partial charge in [0, 0.05) is 26.5 Å². The van der Waals surface area contributed by atoms with Crippen molar-refractivity contribution in [3.8, 4) is 0 Å². The molecule has 0 saturated carbocycles. The van der Waals surface area contributed by atoms with Crippen molar-refractivity contribution in [2.45, 2.75) is 12.2 Å². The summed E-state index contributed by atoms with van der Waals surface area (Å²) in [6.07, 6.45) is 2.82. The third-order valence-electron chi connectivity index (χ3n) is 2.94. The summed E-state index contributed by atoms with van der Waals surface area (Å²) in [6.45, 7) is 0. The minimum atomic E-state index is -0.0805. The Hall–Kier alpha value is -0.430. The first-order chi connectivity index (χ1) is 7.35. The lowest BCUT2D eigenvalue weighted by Gasteiger charge is -2.14. The maximum Gasteiger partial charge on any atom is 0.0878 e. The molecule has 0 unspecified atom stereocenters. The molecule has 82 valence electrons. The second kappa shape index (κ2) is 5.07. The molecule has 1 aromatic carbocycles. The summed E-state index contributed by atoms with van der Waals surface area (Å²) < 4.78 is 10.9. The number of hydrogen-bond donors (Lipinski definition) is 0. The van der Waals surface area contributed by atoms with Gasteiger partial charge in [-0.3, -0.25) is 0 Å². The highest BCUT2D eigenvalue weighted by atomic mass is 31.1. The number of methoxy groups -OCH3 is 2. The Morgan fingerprint density at radius 1 is 1.00 bits per heavy atom. The smallest absolute Gasteiger partial charge is 0.0878 e. The molecule has 2 atom stereocenters. The number of ether oxygens (including phenoxy) is 2. The maximum absolute atomic E-state index is 5.46. The van der Waals surface area contributed by atoms with Gasteiger partial charge in [0.2, 0.25) is 0 Å². The number of hydrogen-bond acceptors (Lipinski definition) is 2. The van der Waals surface area contributed by atoms with Crippen molar-refractivity contribution in [2.75, 3.05) is 26.5 Å². The van der Waals surface area contributed by atoms with Gasteiger partial charge < -0.3 is 9.47 Å². The van der Waals surface area contributed by atoms with Crippen LogP contribution in [0.5, 0.6) is 0 Å². The Kier molecular flexibility index (Phi) is 3.74. The first-order valence-electron chi connectivity index (χ1n) is 5.20. The van der Waals surface area contributed by atoms with Crippen LogP contribution in [0.15, 0.2) is 30.3 Å². The maximum atomic E-state index is 5.46. The molecule has 0 aliphatic carbocycles. The zero-order chi connectivity index (χ0) is 10.7. The lowest BCUT2D eigenvalue weighted by Crippen LogP contribution is -2.27. The van der Waals surface area contributed by atoms with Crippen LogP contribution in [0.1, 0.15) is 0 Å². The molecule has 2 nitrogen and oxygen atoms in total. The van der Waals surface area contributed by atoms with Gasteiger partial charge in [-0.2, -0.15) is 0 Å². The van der Waals surface area contributed by atoms with Crippen LogP contribution in [-0.2, 0) is 9.47 Å². The molecular weight excluding hydrogens is 207 g/mol. The van der Waals surface area contributed by atoms with Crippen molar-refractivity contribution in [3.63, 3.8) is 0 Å². The highest BCUT2D eigenvalue weighted by molar-refractivity contribution is 7.66. The van der Waals surface area contributed by atoms with Gasteiger partial charge in [0.25, 0.3) is 0 Å². The zero-order valence-electron chi connectivity index (χ0n) is 9.22. The fourth-order valence-corrected chi connectivity index (χ4v) is 4.85. The molecule has 1 aliphatic heterocycles. The van der Waals surface area contributed by atoms with Gasteiger partial charge in [0.1, 0.15) is 0 Å². The fourth-order valence-electron chi connectivity index (χ4n) is 2.05. The van der Waals surface area contributed by atoms with E-state index >= 15 is 0 Å². The summed E-state index contributed by atoms with van der Waals surface area (Å²) in [5.41, 5.74) is 0. The van der Waals surface area contributed by atoms with Gasteiger partial charge in [0.05, 0.1) is 12.2 Å². The van der Waals surface area contributed by atoms with Crippen LogP contribution < -0.4 is 5.30 Å². The standard InChI is InChI=1S/C12H17O2P/c1-13-11-8-15(9-12(11)14-2)10-6-4-3-5-7-10/h3-7,11-12H,8-9H2,1-2H3/t11-,12-/m0/s1. The number of benzene rings is 1. The van der Waals surface area contributed by atoms with Crippen molar-refractivity contribution in [3.05, 3.63) is 30.3 Å². The second-order valence-corrected chi connectivity index (χ2v) is 6.12. The Morgan fingerprint density at radius 3 is 2.00 bits per heavy atom. The minimum absolute atomic E-state index is 0.0805. The van der Waals surface area contributed by atoms with E-state index in [2.05, 4.69) is 30.3 Å². The molecule has 1 heterocycles. The van der Waals surface area contributed by atoms with Crippen molar-refractivity contribution in [2.24, 2.45) is 0 Å². The van der Waals surface area contributed by atoms with E-state index in [9.17, 15) is 0 Å². The first-order valence-corrected chi connectivity index (χ1v) is 6.92. The Morgan fingerprint density at radius 2 is 1.53 bits per heavy atom. The summed E-state index contributed by atoms with van der Waals surface area (Å²) in [5.74, 6) is 0. The van der Waals surface area contributed by atoms with E-state index in [1.54, 1.807) is 14.2 Å². The van der Waals surface area contributed by atoms with E-state index in [0.717, 1.165) is 12.3 Å². The molecule has 0 aromatic heterocycles. The molecule has 1 fully saturated rings. The fraction of sp³-hybridized carbons (Fsp3) is 0.500. The molecule has 1 aromatic rings. The molecule has 0 bridgehead atoms. The molecule has 3 heteroatoms. The van der Waals surface area contributed by atoms with Gasteiger partial charge in [-0.15, -0.1) is 0 Å².